The van der Waals surface area contributed by atoms with Crippen molar-refractivity contribution in [2.75, 3.05) is 4.90 Å². The largest absolute Gasteiger partial charge is 0.317 e. The van der Waals surface area contributed by atoms with E-state index in [9.17, 15) is 9.59 Å². The first-order chi connectivity index (χ1) is 14.1. The van der Waals surface area contributed by atoms with Gasteiger partial charge in [-0.3, -0.25) is 9.59 Å². The van der Waals surface area contributed by atoms with Gasteiger partial charge in [0.05, 0.1) is 0 Å². The fourth-order valence-electron chi connectivity index (χ4n) is 5.10. The van der Waals surface area contributed by atoms with Crippen LogP contribution in [0.25, 0.3) is 0 Å². The van der Waals surface area contributed by atoms with E-state index in [0.29, 0.717) is 12.8 Å². The van der Waals surface area contributed by atoms with Gasteiger partial charge in [0.25, 0.3) is 0 Å². The number of carbonyl (C=O) groups excluding carboxylic acids is 2. The van der Waals surface area contributed by atoms with Gasteiger partial charge in [-0.1, -0.05) is 48.0 Å². The molecule has 29 heavy (non-hydrogen) atoms. The number of rotatable bonds is 2. The highest BCUT2D eigenvalue weighted by Gasteiger charge is 2.43. The molecule has 0 N–H and O–H groups in total. The molecular weight excluding hydrogens is 358 g/mol. The van der Waals surface area contributed by atoms with Crippen molar-refractivity contribution in [3.63, 3.8) is 0 Å². The lowest BCUT2D eigenvalue weighted by molar-refractivity contribution is -0.116. The topological polar surface area (TPSA) is 37.4 Å². The molecule has 0 radical (unpaired) electrons. The van der Waals surface area contributed by atoms with E-state index < -0.39 is 0 Å². The Hall–Kier alpha value is -2.94. The fraction of sp³-hybridized carbons (Fsp3) is 0.308. The average Bonchev–Trinajstić information content (AvgIpc) is 2.74. The number of benzene rings is 2. The first-order valence-electron chi connectivity index (χ1n) is 10.6. The summed E-state index contributed by atoms with van der Waals surface area (Å²) in [6.07, 6.45) is 4.64. The Morgan fingerprint density at radius 1 is 0.724 bits per heavy atom. The molecule has 2 aliphatic carbocycles. The molecule has 0 unspecified atom stereocenters. The van der Waals surface area contributed by atoms with Crippen molar-refractivity contribution in [2.45, 2.75) is 51.4 Å². The Bertz CT molecular complexity index is 1000. The summed E-state index contributed by atoms with van der Waals surface area (Å²) in [5, 5.41) is 0. The van der Waals surface area contributed by atoms with Gasteiger partial charge in [0.1, 0.15) is 0 Å². The van der Waals surface area contributed by atoms with Crippen molar-refractivity contribution < 1.29 is 9.59 Å². The summed E-state index contributed by atoms with van der Waals surface area (Å²) in [4.78, 5) is 28.7. The van der Waals surface area contributed by atoms with Gasteiger partial charge in [-0.25, -0.2) is 0 Å². The highest BCUT2D eigenvalue weighted by Crippen LogP contribution is 2.50. The molecule has 1 aliphatic heterocycles. The van der Waals surface area contributed by atoms with Crippen LogP contribution in [0.2, 0.25) is 0 Å². The minimum absolute atomic E-state index is 0.196. The van der Waals surface area contributed by atoms with Gasteiger partial charge >= 0.3 is 0 Å². The SMILES string of the molecule is Cc1ccc(N2C3=C(C(=O)CCC3)C(c3ccccc3)C3=C2CCCC3=O)cc1. The molecular formula is C26H25NO2. The molecule has 0 atom stereocenters. The Morgan fingerprint density at radius 2 is 1.28 bits per heavy atom. The zero-order chi connectivity index (χ0) is 20.0. The lowest BCUT2D eigenvalue weighted by Crippen LogP contribution is -2.39. The molecule has 0 saturated heterocycles. The maximum Gasteiger partial charge on any atom is 0.161 e. The third kappa shape index (κ3) is 2.96. The second kappa shape index (κ2) is 7.14. The molecule has 2 aromatic carbocycles. The molecule has 0 aromatic heterocycles. The summed E-state index contributed by atoms with van der Waals surface area (Å²) in [6.45, 7) is 2.08. The van der Waals surface area contributed by atoms with Crippen molar-refractivity contribution >= 4 is 17.3 Å². The van der Waals surface area contributed by atoms with Crippen LogP contribution in [0, 0.1) is 6.92 Å². The van der Waals surface area contributed by atoms with Gasteiger partial charge in [0.2, 0.25) is 0 Å². The second-order valence-electron chi connectivity index (χ2n) is 8.29. The maximum absolute atomic E-state index is 13.2. The molecule has 146 valence electrons. The van der Waals surface area contributed by atoms with Crippen LogP contribution in [0.3, 0.4) is 0 Å². The zero-order valence-corrected chi connectivity index (χ0v) is 16.8. The van der Waals surface area contributed by atoms with Gasteiger partial charge < -0.3 is 4.90 Å². The molecule has 1 heterocycles. The molecule has 3 nitrogen and oxygen atoms in total. The number of allylic oxidation sites excluding steroid dienone is 4. The fourth-order valence-corrected chi connectivity index (χ4v) is 5.10. The van der Waals surface area contributed by atoms with E-state index in [-0.39, 0.29) is 17.5 Å². The van der Waals surface area contributed by atoms with E-state index in [1.54, 1.807) is 0 Å². The molecule has 0 fully saturated rings. The molecule has 0 amide bonds. The molecule has 2 aromatic rings. The number of carbonyl (C=O) groups is 2. The molecule has 0 bridgehead atoms. The summed E-state index contributed by atoms with van der Waals surface area (Å²) in [6, 6.07) is 18.6. The van der Waals surface area contributed by atoms with Crippen molar-refractivity contribution in [1.82, 2.24) is 0 Å². The zero-order valence-electron chi connectivity index (χ0n) is 16.8. The van der Waals surface area contributed by atoms with Gasteiger partial charge in [-0.05, 0) is 50.3 Å². The van der Waals surface area contributed by atoms with Crippen molar-refractivity contribution in [3.05, 3.63) is 88.3 Å². The normalized spacial score (nSPS) is 20.1. The lowest BCUT2D eigenvalue weighted by atomic mass is 9.71. The smallest absolute Gasteiger partial charge is 0.161 e. The molecule has 0 saturated carbocycles. The third-order valence-electron chi connectivity index (χ3n) is 6.40. The van der Waals surface area contributed by atoms with Crippen molar-refractivity contribution in [2.24, 2.45) is 0 Å². The number of Topliss-reactive ketones (excluding diaryl/α,β-unsaturated/α-hetero) is 2. The highest BCUT2D eigenvalue weighted by atomic mass is 16.1. The minimum atomic E-state index is -0.219. The van der Waals surface area contributed by atoms with E-state index in [1.807, 2.05) is 18.2 Å². The van der Waals surface area contributed by atoms with E-state index >= 15 is 0 Å². The van der Waals surface area contributed by atoms with Gasteiger partial charge in [0, 0.05) is 47.0 Å². The summed E-state index contributed by atoms with van der Waals surface area (Å²) in [7, 11) is 0. The standard InChI is InChI=1S/C26H25NO2/c1-17-13-15-19(16-14-17)27-20-9-5-11-22(28)25(20)24(18-7-3-2-4-8-18)26-21(27)10-6-12-23(26)29/h2-4,7-8,13-16,24H,5-6,9-12H2,1H3. The van der Waals surface area contributed by atoms with Crippen LogP contribution in [0.5, 0.6) is 0 Å². The van der Waals surface area contributed by atoms with Crippen LogP contribution in [0.4, 0.5) is 5.69 Å². The third-order valence-corrected chi connectivity index (χ3v) is 6.40. The second-order valence-corrected chi connectivity index (χ2v) is 8.29. The minimum Gasteiger partial charge on any atom is -0.317 e. The Morgan fingerprint density at radius 3 is 1.83 bits per heavy atom. The van der Waals surface area contributed by atoms with Crippen LogP contribution < -0.4 is 4.90 Å². The number of hydrogen-bond donors (Lipinski definition) is 0. The lowest BCUT2D eigenvalue weighted by Gasteiger charge is -2.44. The van der Waals surface area contributed by atoms with Crippen molar-refractivity contribution in [3.8, 4) is 0 Å². The summed E-state index contributed by atoms with van der Waals surface area (Å²) < 4.78 is 0. The van der Waals surface area contributed by atoms with Crippen LogP contribution >= 0.6 is 0 Å². The number of ketones is 2. The van der Waals surface area contributed by atoms with Crippen LogP contribution in [-0.2, 0) is 9.59 Å². The predicted octanol–water partition coefficient (Wildman–Crippen LogP) is 5.61. The summed E-state index contributed by atoms with van der Waals surface area (Å²) >= 11 is 0. The molecule has 3 heteroatoms. The van der Waals surface area contributed by atoms with Crippen molar-refractivity contribution in [1.29, 1.82) is 0 Å². The van der Waals surface area contributed by atoms with Gasteiger partial charge in [-0.15, -0.1) is 0 Å². The van der Waals surface area contributed by atoms with Crippen LogP contribution in [0.1, 0.15) is 55.6 Å². The predicted molar refractivity (Wildman–Crippen MR) is 115 cm³/mol. The van der Waals surface area contributed by atoms with Crippen LogP contribution in [0.15, 0.2) is 77.1 Å². The van der Waals surface area contributed by atoms with Crippen LogP contribution in [-0.4, -0.2) is 11.6 Å². The average molecular weight is 383 g/mol. The van der Waals surface area contributed by atoms with E-state index in [4.69, 9.17) is 0 Å². The first kappa shape index (κ1) is 18.1. The first-order valence-corrected chi connectivity index (χ1v) is 10.6. The van der Waals surface area contributed by atoms with E-state index in [2.05, 4.69) is 48.2 Å². The highest BCUT2D eigenvalue weighted by molar-refractivity contribution is 6.07. The van der Waals surface area contributed by atoms with E-state index in [0.717, 1.165) is 59.5 Å². The number of aryl methyl sites for hydroxylation is 1. The Kier molecular flexibility index (Phi) is 4.46. The number of hydrogen-bond acceptors (Lipinski definition) is 3. The summed E-state index contributed by atoms with van der Waals surface area (Å²) in [5.41, 5.74) is 7.22. The molecule has 5 rings (SSSR count). The van der Waals surface area contributed by atoms with Gasteiger partial charge in [-0.2, -0.15) is 0 Å². The van der Waals surface area contributed by atoms with E-state index in [1.165, 1.54) is 5.56 Å². The monoisotopic (exact) mass is 383 g/mol. The number of nitrogens with zero attached hydrogens (tertiary/aromatic N) is 1. The Labute approximate surface area is 171 Å². The Balaban J connectivity index is 1.78. The van der Waals surface area contributed by atoms with Gasteiger partial charge in [0.15, 0.2) is 11.6 Å². The quantitative estimate of drug-likeness (QED) is 0.676. The maximum atomic E-state index is 13.2. The molecule has 0 spiro atoms. The molecule has 3 aliphatic rings. The number of anilines is 1. The summed E-state index contributed by atoms with van der Waals surface area (Å²) in [5.74, 6) is 0.174.